The molecule has 7 heteroatoms. The van der Waals surface area contributed by atoms with Crippen molar-refractivity contribution in [1.82, 2.24) is 10.1 Å². The molecule has 1 saturated carbocycles. The van der Waals surface area contributed by atoms with Gasteiger partial charge < -0.3 is 14.8 Å². The molecule has 4 rings (SSSR count). The lowest BCUT2D eigenvalue weighted by molar-refractivity contribution is 0.230. The summed E-state index contributed by atoms with van der Waals surface area (Å²) in [6.45, 7) is 4.29. The lowest BCUT2D eigenvalue weighted by Gasteiger charge is -2.35. The quantitative estimate of drug-likeness (QED) is 0.898. The summed E-state index contributed by atoms with van der Waals surface area (Å²) in [6.07, 6.45) is 5.39. The van der Waals surface area contributed by atoms with Crippen LogP contribution >= 0.6 is 0 Å². The minimum absolute atomic E-state index is 0.142. The van der Waals surface area contributed by atoms with E-state index in [2.05, 4.69) is 10.1 Å². The summed E-state index contributed by atoms with van der Waals surface area (Å²) < 4.78 is 32.9. The SMILES string of the molecule is N=C1CCC(CCN2CCN(c3noc4ccc(F)c(F)c34)CC2)CC1. The van der Waals surface area contributed by atoms with E-state index in [9.17, 15) is 8.78 Å². The van der Waals surface area contributed by atoms with E-state index in [1.807, 2.05) is 4.90 Å². The predicted molar refractivity (Wildman–Crippen MR) is 96.9 cm³/mol. The van der Waals surface area contributed by atoms with E-state index < -0.39 is 11.6 Å². The molecule has 0 atom stereocenters. The van der Waals surface area contributed by atoms with Crippen molar-refractivity contribution < 1.29 is 13.3 Å². The molecule has 1 aliphatic carbocycles. The van der Waals surface area contributed by atoms with Crippen LogP contribution in [0.2, 0.25) is 0 Å². The molecular formula is C19H24F2N4O. The molecular weight excluding hydrogens is 338 g/mol. The van der Waals surface area contributed by atoms with Crippen LogP contribution in [0.5, 0.6) is 0 Å². The number of benzene rings is 1. The molecule has 140 valence electrons. The molecule has 2 heterocycles. The van der Waals surface area contributed by atoms with Gasteiger partial charge in [0.1, 0.15) is 5.39 Å². The summed E-state index contributed by atoms with van der Waals surface area (Å²) in [4.78, 5) is 4.41. The van der Waals surface area contributed by atoms with Crippen LogP contribution in [0.1, 0.15) is 32.1 Å². The highest BCUT2D eigenvalue weighted by Crippen LogP contribution is 2.31. The van der Waals surface area contributed by atoms with Gasteiger partial charge in [-0.1, -0.05) is 5.16 Å². The van der Waals surface area contributed by atoms with Crippen LogP contribution in [-0.2, 0) is 0 Å². The summed E-state index contributed by atoms with van der Waals surface area (Å²) >= 11 is 0. The van der Waals surface area contributed by atoms with Gasteiger partial charge >= 0.3 is 0 Å². The molecule has 1 aromatic heterocycles. The van der Waals surface area contributed by atoms with E-state index in [1.165, 1.54) is 12.5 Å². The minimum Gasteiger partial charge on any atom is -0.354 e. The highest BCUT2D eigenvalue weighted by molar-refractivity contribution is 5.89. The van der Waals surface area contributed by atoms with Crippen LogP contribution in [0, 0.1) is 23.0 Å². The van der Waals surface area contributed by atoms with Gasteiger partial charge in [0.15, 0.2) is 23.0 Å². The number of hydrogen-bond donors (Lipinski definition) is 1. The molecule has 1 saturated heterocycles. The van der Waals surface area contributed by atoms with Gasteiger partial charge in [0.2, 0.25) is 0 Å². The van der Waals surface area contributed by atoms with E-state index >= 15 is 0 Å². The number of aromatic nitrogens is 1. The highest BCUT2D eigenvalue weighted by atomic mass is 19.2. The molecule has 5 nitrogen and oxygen atoms in total. The summed E-state index contributed by atoms with van der Waals surface area (Å²) in [5.74, 6) is -0.619. The molecule has 0 spiro atoms. The Balaban J connectivity index is 1.34. The van der Waals surface area contributed by atoms with Crippen molar-refractivity contribution in [2.75, 3.05) is 37.6 Å². The lowest BCUT2D eigenvalue weighted by Crippen LogP contribution is -2.47. The Labute approximate surface area is 151 Å². The fraction of sp³-hybridized carbons (Fsp3) is 0.579. The first kappa shape index (κ1) is 17.4. The van der Waals surface area contributed by atoms with Crippen molar-refractivity contribution in [2.45, 2.75) is 32.1 Å². The van der Waals surface area contributed by atoms with Crippen molar-refractivity contribution in [1.29, 1.82) is 5.41 Å². The zero-order chi connectivity index (χ0) is 18.1. The topological polar surface area (TPSA) is 56.4 Å². The van der Waals surface area contributed by atoms with Crippen molar-refractivity contribution in [3.05, 3.63) is 23.8 Å². The van der Waals surface area contributed by atoms with Gasteiger partial charge in [0.05, 0.1) is 0 Å². The summed E-state index contributed by atoms with van der Waals surface area (Å²) in [5, 5.41) is 11.8. The van der Waals surface area contributed by atoms with Gasteiger partial charge in [-0.15, -0.1) is 0 Å². The number of anilines is 1. The second-order valence-corrected chi connectivity index (χ2v) is 7.40. The maximum absolute atomic E-state index is 14.2. The second-order valence-electron chi connectivity index (χ2n) is 7.40. The van der Waals surface area contributed by atoms with Crippen molar-refractivity contribution in [3.63, 3.8) is 0 Å². The van der Waals surface area contributed by atoms with Crippen LogP contribution < -0.4 is 4.90 Å². The standard InChI is InChI=1S/C19H24F2N4O/c20-15-5-6-16-17(18(15)21)19(23-26-16)25-11-9-24(10-12-25)8-7-13-1-3-14(22)4-2-13/h5-6,13,22H,1-4,7-12H2. The first-order chi connectivity index (χ1) is 12.6. The summed E-state index contributed by atoms with van der Waals surface area (Å²) in [7, 11) is 0. The third-order valence-corrected chi connectivity index (χ3v) is 5.74. The van der Waals surface area contributed by atoms with E-state index in [0.29, 0.717) is 5.82 Å². The van der Waals surface area contributed by atoms with Crippen LogP contribution in [0.25, 0.3) is 11.0 Å². The Morgan fingerprint density at radius 1 is 1.12 bits per heavy atom. The first-order valence-electron chi connectivity index (χ1n) is 9.39. The Kier molecular flexibility index (Phi) is 4.89. The second kappa shape index (κ2) is 7.31. The fourth-order valence-corrected chi connectivity index (χ4v) is 4.03. The minimum atomic E-state index is -0.885. The van der Waals surface area contributed by atoms with Gasteiger partial charge in [-0.25, -0.2) is 8.78 Å². The molecule has 0 bridgehead atoms. The molecule has 26 heavy (non-hydrogen) atoms. The Bertz CT molecular complexity index is 788. The van der Waals surface area contributed by atoms with E-state index in [1.54, 1.807) is 0 Å². The van der Waals surface area contributed by atoms with E-state index in [-0.39, 0.29) is 11.0 Å². The van der Waals surface area contributed by atoms with Crippen LogP contribution in [0.15, 0.2) is 16.7 Å². The van der Waals surface area contributed by atoms with Crippen molar-refractivity contribution in [2.24, 2.45) is 5.92 Å². The molecule has 2 aliphatic rings. The van der Waals surface area contributed by atoms with Gasteiger partial charge in [-0.3, -0.25) is 4.90 Å². The molecule has 0 amide bonds. The Hall–Kier alpha value is -2.02. The maximum Gasteiger partial charge on any atom is 0.183 e. The molecule has 1 N–H and O–H groups in total. The van der Waals surface area contributed by atoms with Gasteiger partial charge in [0, 0.05) is 31.9 Å². The molecule has 2 fully saturated rings. The van der Waals surface area contributed by atoms with Gasteiger partial charge in [-0.05, 0) is 56.7 Å². The van der Waals surface area contributed by atoms with Gasteiger partial charge in [-0.2, -0.15) is 0 Å². The summed E-state index contributed by atoms with van der Waals surface area (Å²) in [5.41, 5.74) is 1.18. The smallest absolute Gasteiger partial charge is 0.183 e. The lowest BCUT2D eigenvalue weighted by atomic mass is 9.86. The van der Waals surface area contributed by atoms with Gasteiger partial charge in [0.25, 0.3) is 0 Å². The van der Waals surface area contributed by atoms with Crippen LogP contribution in [0.3, 0.4) is 0 Å². The third-order valence-electron chi connectivity index (χ3n) is 5.74. The number of fused-ring (bicyclic) bond motifs is 1. The Morgan fingerprint density at radius 2 is 1.85 bits per heavy atom. The molecule has 1 aliphatic heterocycles. The molecule has 1 aromatic carbocycles. The number of rotatable bonds is 4. The van der Waals surface area contributed by atoms with E-state index in [0.717, 1.165) is 76.1 Å². The normalized spacial score (nSPS) is 22.3. The van der Waals surface area contributed by atoms with E-state index in [4.69, 9.17) is 9.93 Å². The monoisotopic (exact) mass is 362 g/mol. The average molecular weight is 362 g/mol. The zero-order valence-electron chi connectivity index (χ0n) is 14.8. The number of nitrogens with zero attached hydrogens (tertiary/aromatic N) is 3. The summed E-state index contributed by atoms with van der Waals surface area (Å²) in [6, 6.07) is 2.49. The fourth-order valence-electron chi connectivity index (χ4n) is 4.03. The highest BCUT2D eigenvalue weighted by Gasteiger charge is 2.25. The third kappa shape index (κ3) is 3.45. The molecule has 0 radical (unpaired) electrons. The maximum atomic E-state index is 14.2. The average Bonchev–Trinajstić information content (AvgIpc) is 3.09. The van der Waals surface area contributed by atoms with Crippen LogP contribution in [0.4, 0.5) is 14.6 Å². The molecule has 0 unspecified atom stereocenters. The predicted octanol–water partition coefficient (Wildman–Crippen LogP) is 3.83. The van der Waals surface area contributed by atoms with Crippen LogP contribution in [-0.4, -0.2) is 48.5 Å². The molecule has 2 aromatic rings. The number of nitrogens with one attached hydrogen (secondary N) is 1. The Morgan fingerprint density at radius 3 is 2.58 bits per heavy atom. The van der Waals surface area contributed by atoms with Crippen molar-refractivity contribution in [3.8, 4) is 0 Å². The number of hydrogen-bond acceptors (Lipinski definition) is 5. The zero-order valence-corrected chi connectivity index (χ0v) is 14.8. The first-order valence-corrected chi connectivity index (χ1v) is 9.39. The number of halogens is 2. The number of piperazine rings is 1. The van der Waals surface area contributed by atoms with Crippen molar-refractivity contribution >= 4 is 22.5 Å². The largest absolute Gasteiger partial charge is 0.354 e.